The van der Waals surface area contributed by atoms with Gasteiger partial charge in [0.2, 0.25) is 0 Å². The maximum Gasteiger partial charge on any atom is 0.115 e. The molecule has 0 radical (unpaired) electrons. The Balaban J connectivity index is 0.000000109. The van der Waals surface area contributed by atoms with Crippen LogP contribution in [0.5, 0.6) is 34.5 Å². The van der Waals surface area contributed by atoms with Gasteiger partial charge in [0.25, 0.3) is 0 Å². The highest BCUT2D eigenvalue weighted by Crippen LogP contribution is 2.59. The van der Waals surface area contributed by atoms with Crippen LogP contribution in [-0.2, 0) is 16.2 Å². The van der Waals surface area contributed by atoms with E-state index in [1.54, 1.807) is 147 Å². The lowest BCUT2D eigenvalue weighted by Crippen LogP contribution is -2.28. The van der Waals surface area contributed by atoms with Crippen LogP contribution in [0.3, 0.4) is 0 Å². The highest BCUT2D eigenvalue weighted by molar-refractivity contribution is 5.89. The molecule has 0 bridgehead atoms. The standard InChI is InChI=1S/3C25H18O2.3C10H8N2/c3*26-19-13-9-17(10-14-19)25(18-11-15-20(27)16-12-18)23-7-3-1-5-21(23)22-6-2-4-8-24(22)25;3*1-5-11-6-2-9(1)10-3-7-12-8-4-10/h3*1-16,26-27H;3*1-8H. The number of pyridine rings is 6. The molecule has 3 aliphatic rings. The molecule has 0 saturated heterocycles. The Kier molecular flexibility index (Phi) is 22.0. The van der Waals surface area contributed by atoms with E-state index in [0.29, 0.717) is 0 Å². The number of aromatic nitrogens is 6. The Morgan fingerprint density at radius 3 is 0.385 bits per heavy atom. The normalized spacial score (nSPS) is 12.5. The van der Waals surface area contributed by atoms with Crippen molar-refractivity contribution in [3.05, 3.63) is 505 Å². The summed E-state index contributed by atoms with van der Waals surface area (Å²) in [5.41, 5.74) is 26.7. The van der Waals surface area contributed by atoms with Crippen molar-refractivity contribution >= 4 is 0 Å². The Morgan fingerprint density at radius 1 is 0.137 bits per heavy atom. The predicted molar refractivity (Wildman–Crippen MR) is 464 cm³/mol. The summed E-state index contributed by atoms with van der Waals surface area (Å²) in [6, 6.07) is 119. The van der Waals surface area contributed by atoms with Crippen molar-refractivity contribution in [2.24, 2.45) is 0 Å². The van der Waals surface area contributed by atoms with Gasteiger partial charge in [-0.15, -0.1) is 0 Å². The highest BCUT2D eigenvalue weighted by atomic mass is 16.3. The number of fused-ring (bicyclic) bond motifs is 9. The molecule has 0 fully saturated rings. The molecule has 0 amide bonds. The largest absolute Gasteiger partial charge is 0.508 e. The smallest absolute Gasteiger partial charge is 0.115 e. The summed E-state index contributed by atoms with van der Waals surface area (Å²) < 4.78 is 0. The molecule has 0 saturated carbocycles. The van der Waals surface area contributed by atoms with Crippen LogP contribution in [0.1, 0.15) is 66.8 Å². The summed E-state index contributed by atoms with van der Waals surface area (Å²) in [5.74, 6) is 1.50. The number of hydrogen-bond acceptors (Lipinski definition) is 12. The van der Waals surface area contributed by atoms with Gasteiger partial charge in [-0.05, 0) is 279 Å². The lowest BCUT2D eigenvalue weighted by molar-refractivity contribution is 0.473. The first-order valence-corrected chi connectivity index (χ1v) is 38.3. The van der Waals surface area contributed by atoms with Gasteiger partial charge in [-0.1, -0.05) is 218 Å². The Hall–Kier alpha value is -15.7. The van der Waals surface area contributed by atoms with Crippen molar-refractivity contribution in [3.8, 4) is 101 Å². The number of aromatic hydroxyl groups is 6. The monoisotopic (exact) mass is 1520 g/mol. The van der Waals surface area contributed by atoms with Gasteiger partial charge in [0, 0.05) is 74.4 Å². The molecule has 3 aliphatic carbocycles. The average molecular weight is 1520 g/mol. The summed E-state index contributed by atoms with van der Waals surface area (Å²) in [6.45, 7) is 0. The van der Waals surface area contributed by atoms with Crippen molar-refractivity contribution in [3.63, 3.8) is 0 Å². The number of phenolic OH excluding ortho intramolecular Hbond substituents is 6. The fourth-order valence-corrected chi connectivity index (χ4v) is 16.6. The van der Waals surface area contributed by atoms with Crippen LogP contribution in [0.4, 0.5) is 0 Å². The molecule has 0 aliphatic heterocycles. The van der Waals surface area contributed by atoms with E-state index in [1.807, 2.05) is 146 Å². The third-order valence-corrected chi connectivity index (χ3v) is 21.7. The molecule has 117 heavy (non-hydrogen) atoms. The van der Waals surface area contributed by atoms with Gasteiger partial charge in [-0.2, -0.15) is 0 Å². The molecule has 6 N–H and O–H groups in total. The number of benzene rings is 12. The first-order valence-electron chi connectivity index (χ1n) is 38.3. The van der Waals surface area contributed by atoms with Crippen molar-refractivity contribution < 1.29 is 30.6 Å². The fraction of sp³-hybridized carbons (Fsp3) is 0.0286. The molecule has 21 rings (SSSR count). The van der Waals surface area contributed by atoms with Gasteiger partial charge in [0.05, 0.1) is 16.2 Å². The molecule has 18 aromatic rings. The van der Waals surface area contributed by atoms with Crippen LogP contribution in [0.25, 0.3) is 66.8 Å². The van der Waals surface area contributed by atoms with E-state index in [9.17, 15) is 30.6 Å². The fourth-order valence-electron chi connectivity index (χ4n) is 16.6. The zero-order valence-corrected chi connectivity index (χ0v) is 63.4. The third-order valence-electron chi connectivity index (χ3n) is 21.7. The van der Waals surface area contributed by atoms with E-state index in [1.165, 1.54) is 100 Å². The summed E-state index contributed by atoms with van der Waals surface area (Å²) in [6.07, 6.45) is 21.4. The van der Waals surface area contributed by atoms with Gasteiger partial charge in [0.1, 0.15) is 34.5 Å². The lowest BCUT2D eigenvalue weighted by atomic mass is 9.68. The predicted octanol–water partition coefficient (Wildman–Crippen LogP) is 22.8. The van der Waals surface area contributed by atoms with Crippen molar-refractivity contribution in [1.82, 2.24) is 29.9 Å². The molecule has 12 aromatic carbocycles. The van der Waals surface area contributed by atoms with Crippen molar-refractivity contribution in [1.29, 1.82) is 0 Å². The summed E-state index contributed by atoms with van der Waals surface area (Å²) in [5, 5.41) is 59.1. The maximum absolute atomic E-state index is 9.85. The van der Waals surface area contributed by atoms with Gasteiger partial charge in [-0.3, -0.25) is 29.9 Å². The number of nitrogens with zero attached hydrogens (tertiary/aromatic N) is 6. The first kappa shape index (κ1) is 75.4. The summed E-state index contributed by atoms with van der Waals surface area (Å²) in [7, 11) is 0. The second-order valence-electron chi connectivity index (χ2n) is 28.2. The topological polar surface area (TPSA) is 199 Å². The number of phenols is 6. The SMILES string of the molecule is Oc1ccc(C2(c3ccc(O)cc3)c3ccccc3-c3ccccc32)cc1.Oc1ccc(C2(c3ccc(O)cc3)c3ccccc3-c3ccccc32)cc1.Oc1ccc(C2(c3ccc(O)cc3)c3ccccc3-c3ccccc32)cc1.c1cc(-c2ccncc2)ccn1.c1cc(-c2ccncc2)ccn1.c1cc(-c2ccncc2)ccn1. The van der Waals surface area contributed by atoms with E-state index in [-0.39, 0.29) is 34.5 Å². The molecule has 0 atom stereocenters. The van der Waals surface area contributed by atoms with Crippen LogP contribution in [0.2, 0.25) is 0 Å². The summed E-state index contributed by atoms with van der Waals surface area (Å²) >= 11 is 0. The Morgan fingerprint density at radius 2 is 0.256 bits per heavy atom. The van der Waals surface area contributed by atoms with E-state index in [4.69, 9.17) is 0 Å². The van der Waals surface area contributed by atoms with Crippen LogP contribution in [-0.4, -0.2) is 60.5 Å². The zero-order valence-electron chi connectivity index (χ0n) is 63.4. The van der Waals surface area contributed by atoms with Gasteiger partial charge in [-0.25, -0.2) is 0 Å². The quantitative estimate of drug-likeness (QED) is 0.0801. The van der Waals surface area contributed by atoms with E-state index in [2.05, 4.69) is 175 Å². The minimum Gasteiger partial charge on any atom is -0.508 e. The summed E-state index contributed by atoms with van der Waals surface area (Å²) in [4.78, 5) is 23.7. The maximum atomic E-state index is 9.85. The van der Waals surface area contributed by atoms with Crippen molar-refractivity contribution in [2.75, 3.05) is 0 Å². The molecular weight excluding hydrogens is 1440 g/mol. The Bertz CT molecular complexity index is 5330. The molecule has 0 spiro atoms. The second-order valence-corrected chi connectivity index (χ2v) is 28.2. The number of rotatable bonds is 9. The van der Waals surface area contributed by atoms with Crippen LogP contribution in [0.15, 0.2) is 438 Å². The zero-order chi connectivity index (χ0) is 80.0. The minimum absolute atomic E-state index is 0.249. The molecule has 6 heterocycles. The first-order chi connectivity index (χ1) is 57.5. The van der Waals surface area contributed by atoms with Crippen LogP contribution >= 0.6 is 0 Å². The van der Waals surface area contributed by atoms with E-state index >= 15 is 0 Å². The second kappa shape index (κ2) is 34.1. The van der Waals surface area contributed by atoms with Crippen LogP contribution < -0.4 is 0 Å². The molecule has 6 aromatic heterocycles. The van der Waals surface area contributed by atoms with Crippen molar-refractivity contribution in [2.45, 2.75) is 16.2 Å². The molecule has 0 unspecified atom stereocenters. The average Bonchev–Trinajstić information content (AvgIpc) is 1.56. The molecule has 12 heteroatoms. The molecule has 12 nitrogen and oxygen atoms in total. The van der Waals surface area contributed by atoms with Crippen LogP contribution in [0, 0.1) is 0 Å². The molecular formula is C105H78N6O6. The Labute approximate surface area is 679 Å². The molecule has 564 valence electrons. The minimum atomic E-state index is -0.491. The lowest BCUT2D eigenvalue weighted by Gasteiger charge is -2.33. The number of hydrogen-bond donors (Lipinski definition) is 6. The third kappa shape index (κ3) is 15.0. The van der Waals surface area contributed by atoms with Gasteiger partial charge >= 0.3 is 0 Å². The highest BCUT2D eigenvalue weighted by Gasteiger charge is 2.49. The van der Waals surface area contributed by atoms with Gasteiger partial charge in [0.15, 0.2) is 0 Å². The van der Waals surface area contributed by atoms with E-state index < -0.39 is 16.2 Å². The van der Waals surface area contributed by atoms with Gasteiger partial charge < -0.3 is 30.6 Å². The van der Waals surface area contributed by atoms with E-state index in [0.717, 1.165) is 33.4 Å².